The van der Waals surface area contributed by atoms with Crippen molar-refractivity contribution >= 4 is 29.5 Å². The summed E-state index contributed by atoms with van der Waals surface area (Å²) in [4.78, 5) is 12.8. The number of aromatic nitrogens is 2. The van der Waals surface area contributed by atoms with Gasteiger partial charge < -0.3 is 15.9 Å². The Balaban J connectivity index is 2.01. The van der Waals surface area contributed by atoms with E-state index in [1.165, 1.54) is 25.2 Å². The number of rotatable bonds is 6. The van der Waals surface area contributed by atoms with E-state index in [0.717, 1.165) is 11.4 Å². The average molecular weight is 306 g/mol. The molecule has 2 aromatic rings. The number of nitrogens with two attached hydrogens (primary N) is 1. The predicted octanol–water partition coefficient (Wildman–Crippen LogP) is 2.35. The van der Waals surface area contributed by atoms with Crippen LogP contribution >= 0.6 is 11.6 Å². The summed E-state index contributed by atoms with van der Waals surface area (Å²) >= 11 is 5.86. The summed E-state index contributed by atoms with van der Waals surface area (Å²) in [7, 11) is 1.46. The molecule has 6 nitrogen and oxygen atoms in total. The first-order valence-electron chi connectivity index (χ1n) is 6.36. The molecule has 1 aromatic heterocycles. The van der Waals surface area contributed by atoms with E-state index in [0.29, 0.717) is 23.7 Å². The molecule has 2 rings (SSSR count). The van der Waals surface area contributed by atoms with Crippen LogP contribution in [0.3, 0.4) is 0 Å². The summed E-state index contributed by atoms with van der Waals surface area (Å²) in [5.74, 6) is 0.969. The van der Waals surface area contributed by atoms with E-state index in [-0.39, 0.29) is 0 Å². The van der Waals surface area contributed by atoms with Crippen LogP contribution in [0.2, 0.25) is 5.02 Å². The van der Waals surface area contributed by atoms with E-state index in [9.17, 15) is 0 Å². The van der Waals surface area contributed by atoms with Gasteiger partial charge in [-0.15, -0.1) is 0 Å². The Labute approximate surface area is 128 Å². The summed E-state index contributed by atoms with van der Waals surface area (Å²) in [6.07, 6.45) is 3.73. The lowest BCUT2D eigenvalue weighted by Crippen LogP contribution is -2.11. The minimum Gasteiger partial charge on any atom is -0.399 e. The fraction of sp³-hybridized carbons (Fsp3) is 0.214. The van der Waals surface area contributed by atoms with Crippen molar-refractivity contribution < 1.29 is 4.84 Å². The van der Waals surface area contributed by atoms with Crippen LogP contribution in [-0.2, 0) is 11.3 Å². The van der Waals surface area contributed by atoms with Crippen molar-refractivity contribution in [1.29, 1.82) is 0 Å². The number of anilines is 2. The van der Waals surface area contributed by atoms with E-state index >= 15 is 0 Å². The third kappa shape index (κ3) is 4.32. The number of halogens is 1. The average Bonchev–Trinajstić information content (AvgIpc) is 2.49. The fourth-order valence-electron chi connectivity index (χ4n) is 1.76. The van der Waals surface area contributed by atoms with Crippen molar-refractivity contribution in [2.45, 2.75) is 6.42 Å². The van der Waals surface area contributed by atoms with Gasteiger partial charge in [0, 0.05) is 11.6 Å². The molecule has 0 saturated carbocycles. The smallest absolute Gasteiger partial charge is 0.140 e. The number of benzene rings is 1. The highest BCUT2D eigenvalue weighted by Gasteiger charge is 2.06. The van der Waals surface area contributed by atoms with Gasteiger partial charge in [-0.1, -0.05) is 28.9 Å². The molecule has 0 aliphatic rings. The van der Waals surface area contributed by atoms with Crippen molar-refractivity contribution in [2.75, 3.05) is 24.7 Å². The van der Waals surface area contributed by atoms with Gasteiger partial charge in [-0.25, -0.2) is 9.97 Å². The summed E-state index contributed by atoms with van der Waals surface area (Å²) in [5, 5.41) is 7.64. The van der Waals surface area contributed by atoms with Gasteiger partial charge in [0.15, 0.2) is 0 Å². The number of oxime groups is 1. The van der Waals surface area contributed by atoms with E-state index in [2.05, 4.69) is 25.3 Å². The Bertz CT molecular complexity index is 615. The number of nitrogen functional groups attached to an aromatic ring is 1. The molecule has 0 saturated heterocycles. The SMILES string of the molecule is CON=Cc1c(N)ncnc1NCCc1ccc(Cl)cc1. The zero-order valence-electron chi connectivity index (χ0n) is 11.6. The van der Waals surface area contributed by atoms with Gasteiger partial charge in [-0.3, -0.25) is 0 Å². The Hall–Kier alpha value is -2.34. The van der Waals surface area contributed by atoms with Crippen LogP contribution in [-0.4, -0.2) is 29.8 Å². The van der Waals surface area contributed by atoms with Crippen LogP contribution in [0.25, 0.3) is 0 Å². The molecule has 0 spiro atoms. The number of nitrogens with zero attached hydrogens (tertiary/aromatic N) is 3. The third-order valence-electron chi connectivity index (χ3n) is 2.82. The quantitative estimate of drug-likeness (QED) is 0.632. The number of hydrogen-bond acceptors (Lipinski definition) is 6. The molecule has 3 N–H and O–H groups in total. The predicted molar refractivity (Wildman–Crippen MR) is 84.7 cm³/mol. The van der Waals surface area contributed by atoms with Crippen LogP contribution < -0.4 is 11.1 Å². The Kier molecular flexibility index (Phi) is 5.34. The van der Waals surface area contributed by atoms with E-state index in [4.69, 9.17) is 17.3 Å². The van der Waals surface area contributed by atoms with Crippen LogP contribution in [0.4, 0.5) is 11.6 Å². The molecule has 0 bridgehead atoms. The van der Waals surface area contributed by atoms with Crippen LogP contribution in [0.1, 0.15) is 11.1 Å². The van der Waals surface area contributed by atoms with E-state index < -0.39 is 0 Å². The Morgan fingerprint density at radius 1 is 1.33 bits per heavy atom. The van der Waals surface area contributed by atoms with Crippen LogP contribution in [0.15, 0.2) is 35.7 Å². The molecule has 0 fully saturated rings. The molecule has 1 heterocycles. The molecule has 0 aliphatic carbocycles. The largest absolute Gasteiger partial charge is 0.399 e. The maximum Gasteiger partial charge on any atom is 0.140 e. The lowest BCUT2D eigenvalue weighted by Gasteiger charge is -2.09. The van der Waals surface area contributed by atoms with Crippen molar-refractivity contribution in [1.82, 2.24) is 9.97 Å². The Morgan fingerprint density at radius 2 is 2.10 bits per heavy atom. The van der Waals surface area contributed by atoms with Gasteiger partial charge in [-0.2, -0.15) is 0 Å². The summed E-state index contributed by atoms with van der Waals surface area (Å²) in [5.41, 5.74) is 7.60. The normalized spacial score (nSPS) is 10.8. The summed E-state index contributed by atoms with van der Waals surface area (Å²) < 4.78 is 0. The summed E-state index contributed by atoms with van der Waals surface area (Å²) in [6, 6.07) is 7.73. The highest BCUT2D eigenvalue weighted by atomic mass is 35.5. The number of nitrogens with one attached hydrogen (secondary N) is 1. The molecule has 110 valence electrons. The highest BCUT2D eigenvalue weighted by molar-refractivity contribution is 6.30. The van der Waals surface area contributed by atoms with Gasteiger partial charge in [0.2, 0.25) is 0 Å². The molecular formula is C14H16ClN5O. The van der Waals surface area contributed by atoms with Crippen molar-refractivity contribution in [3.8, 4) is 0 Å². The van der Waals surface area contributed by atoms with Crippen molar-refractivity contribution in [3.05, 3.63) is 46.7 Å². The molecule has 1 aromatic carbocycles. The second-order valence-electron chi connectivity index (χ2n) is 4.24. The van der Waals surface area contributed by atoms with Crippen molar-refractivity contribution in [2.24, 2.45) is 5.16 Å². The molecule has 7 heteroatoms. The van der Waals surface area contributed by atoms with Gasteiger partial charge in [-0.05, 0) is 24.1 Å². The first-order chi connectivity index (χ1) is 10.2. The zero-order chi connectivity index (χ0) is 15.1. The summed E-state index contributed by atoms with van der Waals surface area (Å²) in [6.45, 7) is 0.700. The molecule has 0 atom stereocenters. The van der Waals surface area contributed by atoms with Crippen LogP contribution in [0, 0.1) is 0 Å². The van der Waals surface area contributed by atoms with Gasteiger partial charge >= 0.3 is 0 Å². The Morgan fingerprint density at radius 3 is 2.81 bits per heavy atom. The lowest BCUT2D eigenvalue weighted by atomic mass is 10.1. The molecule has 0 amide bonds. The molecule has 0 unspecified atom stereocenters. The van der Waals surface area contributed by atoms with Crippen LogP contribution in [0.5, 0.6) is 0 Å². The second-order valence-corrected chi connectivity index (χ2v) is 4.68. The minimum absolute atomic E-state index is 0.347. The third-order valence-corrected chi connectivity index (χ3v) is 3.07. The monoisotopic (exact) mass is 305 g/mol. The zero-order valence-corrected chi connectivity index (χ0v) is 12.3. The van der Waals surface area contributed by atoms with E-state index in [1.54, 1.807) is 0 Å². The maximum atomic E-state index is 5.86. The van der Waals surface area contributed by atoms with Gasteiger partial charge in [0.05, 0.1) is 11.8 Å². The minimum atomic E-state index is 0.347. The maximum absolute atomic E-state index is 5.86. The fourth-order valence-corrected chi connectivity index (χ4v) is 1.89. The van der Waals surface area contributed by atoms with Gasteiger partial charge in [0.1, 0.15) is 25.1 Å². The standard InChI is InChI=1S/C14H16ClN5O/c1-21-20-8-12-13(16)18-9-19-14(12)17-7-6-10-2-4-11(15)5-3-10/h2-5,8-9H,6-7H2,1H3,(H3,16,17,18,19). The number of hydrogen-bond donors (Lipinski definition) is 2. The highest BCUT2D eigenvalue weighted by Crippen LogP contribution is 2.15. The lowest BCUT2D eigenvalue weighted by molar-refractivity contribution is 0.215. The molecular weight excluding hydrogens is 290 g/mol. The molecule has 0 aliphatic heterocycles. The molecule has 21 heavy (non-hydrogen) atoms. The topological polar surface area (TPSA) is 85.4 Å². The molecule has 0 radical (unpaired) electrons. The second kappa shape index (κ2) is 7.44. The van der Waals surface area contributed by atoms with Gasteiger partial charge in [0.25, 0.3) is 0 Å². The first-order valence-corrected chi connectivity index (χ1v) is 6.74. The van der Waals surface area contributed by atoms with Crippen molar-refractivity contribution in [3.63, 3.8) is 0 Å². The first kappa shape index (κ1) is 15.1. The van der Waals surface area contributed by atoms with E-state index in [1.807, 2.05) is 24.3 Å².